The van der Waals surface area contributed by atoms with Crippen LogP contribution in [0.25, 0.3) is 10.8 Å². The van der Waals surface area contributed by atoms with Crippen LogP contribution in [0.3, 0.4) is 0 Å². The number of allylic oxidation sites excluding steroid dienone is 4. The molecule has 7 aromatic rings. The van der Waals surface area contributed by atoms with Crippen LogP contribution in [0.15, 0.2) is 200 Å². The molecule has 0 aliphatic carbocycles. The molecule has 0 aromatic heterocycles. The number of hydrogen-bond acceptors (Lipinski definition) is 2. The number of benzene rings is 7. The Morgan fingerprint density at radius 1 is 0.607 bits per heavy atom. The smallest absolute Gasteiger partial charge is 0.217 e. The molecule has 0 bridgehead atoms. The maximum atomic E-state index is 10.3. The third-order valence-electron chi connectivity index (χ3n) is 13.1. The van der Waals surface area contributed by atoms with Crippen molar-refractivity contribution in [1.82, 2.24) is 0 Å². The lowest BCUT2D eigenvalue weighted by Gasteiger charge is -2.35. The minimum Gasteiger partial charge on any atom is -0.344 e. The molecule has 0 atom stereocenters. The fourth-order valence-electron chi connectivity index (χ4n) is 10.4. The molecule has 0 radical (unpaired) electrons. The Kier molecular flexibility index (Phi) is 11.1. The van der Waals surface area contributed by atoms with Gasteiger partial charge in [-0.05, 0) is 102 Å². The van der Waals surface area contributed by atoms with Crippen molar-refractivity contribution >= 4 is 27.9 Å². The molecule has 0 saturated heterocycles. The van der Waals surface area contributed by atoms with Crippen molar-refractivity contribution < 1.29 is 4.58 Å². The Balaban J connectivity index is 1.28. The second-order valence-electron chi connectivity index (χ2n) is 17.5. The molecular weight excluding hydrogens is 739 g/mol. The molecule has 0 fully saturated rings. The molecule has 0 N–H and O–H groups in total. The van der Waals surface area contributed by atoms with Gasteiger partial charge in [0.05, 0.1) is 22.4 Å². The summed E-state index contributed by atoms with van der Waals surface area (Å²) in [6.07, 6.45) is 11.6. The van der Waals surface area contributed by atoms with Gasteiger partial charge < -0.3 is 4.90 Å². The number of anilines is 1. The van der Waals surface area contributed by atoms with E-state index in [2.05, 4.69) is 225 Å². The van der Waals surface area contributed by atoms with E-state index in [1.54, 1.807) is 0 Å². The molecule has 7 aromatic carbocycles. The van der Waals surface area contributed by atoms with E-state index >= 15 is 0 Å². The van der Waals surface area contributed by atoms with Gasteiger partial charge in [0.15, 0.2) is 5.71 Å². The van der Waals surface area contributed by atoms with Gasteiger partial charge in [0.25, 0.3) is 0 Å². The summed E-state index contributed by atoms with van der Waals surface area (Å²) in [6, 6.07) is 66.4. The van der Waals surface area contributed by atoms with Crippen molar-refractivity contribution in [3.8, 4) is 6.07 Å². The maximum Gasteiger partial charge on any atom is 0.217 e. The zero-order valence-corrected chi connectivity index (χ0v) is 35.6. The molecule has 9 rings (SSSR count). The Morgan fingerprint density at radius 2 is 1.13 bits per heavy atom. The Hall–Kier alpha value is -6.76. The molecule has 2 heterocycles. The average Bonchev–Trinajstić information content (AvgIpc) is 3.67. The Bertz CT molecular complexity index is 2710. The first-order chi connectivity index (χ1) is 29.9. The van der Waals surface area contributed by atoms with Crippen LogP contribution in [0.5, 0.6) is 0 Å². The van der Waals surface area contributed by atoms with Gasteiger partial charge in [0, 0.05) is 35.0 Å². The van der Waals surface area contributed by atoms with Crippen molar-refractivity contribution in [2.45, 2.75) is 56.8 Å². The van der Waals surface area contributed by atoms with E-state index in [-0.39, 0.29) is 5.41 Å². The molecule has 0 saturated carbocycles. The SMILES string of the molecule is CC(C)CCN1C(=CC=CC2=[N+](C)c3c(ccc4ccccc34)C2(Cc2ccccc2)Cc2ccccc2)C(Cc2ccccc2)(Cc2ccccc2)c2cc(C#N)ccc21. The minimum absolute atomic E-state index is 0.339. The van der Waals surface area contributed by atoms with E-state index in [1.807, 2.05) is 6.07 Å². The van der Waals surface area contributed by atoms with Gasteiger partial charge in [-0.1, -0.05) is 172 Å². The first kappa shape index (κ1) is 39.7. The summed E-state index contributed by atoms with van der Waals surface area (Å²) in [7, 11) is 2.27. The van der Waals surface area contributed by atoms with Crippen molar-refractivity contribution in [3.05, 3.63) is 239 Å². The number of hydrogen-bond donors (Lipinski definition) is 0. The van der Waals surface area contributed by atoms with Crippen LogP contribution in [0.2, 0.25) is 0 Å². The molecule has 0 unspecified atom stereocenters. The van der Waals surface area contributed by atoms with E-state index in [1.165, 1.54) is 66.9 Å². The minimum atomic E-state index is -0.428. The fourth-order valence-corrected chi connectivity index (χ4v) is 10.4. The first-order valence-electron chi connectivity index (χ1n) is 21.9. The summed E-state index contributed by atoms with van der Waals surface area (Å²) in [4.78, 5) is 2.58. The topological polar surface area (TPSA) is 30.0 Å². The Morgan fingerprint density at radius 3 is 1.67 bits per heavy atom. The van der Waals surface area contributed by atoms with Crippen LogP contribution in [-0.2, 0) is 36.5 Å². The summed E-state index contributed by atoms with van der Waals surface area (Å²) >= 11 is 0. The second kappa shape index (κ2) is 17.1. The highest BCUT2D eigenvalue weighted by Gasteiger charge is 2.51. The van der Waals surface area contributed by atoms with Crippen LogP contribution in [-0.4, -0.2) is 23.9 Å². The summed E-state index contributed by atoms with van der Waals surface area (Å²) in [6.45, 7) is 5.52. The average molecular weight is 793 g/mol. The molecule has 2 aliphatic rings. The van der Waals surface area contributed by atoms with Crippen LogP contribution < -0.4 is 4.90 Å². The predicted octanol–water partition coefficient (Wildman–Crippen LogP) is 12.9. The van der Waals surface area contributed by atoms with Crippen molar-refractivity contribution in [2.75, 3.05) is 18.5 Å². The van der Waals surface area contributed by atoms with Crippen LogP contribution >= 0.6 is 0 Å². The first-order valence-corrected chi connectivity index (χ1v) is 21.9. The van der Waals surface area contributed by atoms with Crippen LogP contribution in [0.4, 0.5) is 11.4 Å². The zero-order valence-electron chi connectivity index (χ0n) is 35.6. The molecule has 3 heteroatoms. The van der Waals surface area contributed by atoms with E-state index in [0.29, 0.717) is 11.5 Å². The monoisotopic (exact) mass is 792 g/mol. The largest absolute Gasteiger partial charge is 0.344 e. The van der Waals surface area contributed by atoms with Crippen molar-refractivity contribution in [3.63, 3.8) is 0 Å². The lowest BCUT2D eigenvalue weighted by atomic mass is 9.68. The van der Waals surface area contributed by atoms with Gasteiger partial charge in [-0.25, -0.2) is 0 Å². The predicted molar refractivity (Wildman–Crippen MR) is 254 cm³/mol. The second-order valence-corrected chi connectivity index (χ2v) is 17.5. The number of rotatable bonds is 13. The summed E-state index contributed by atoms with van der Waals surface area (Å²) in [5.41, 5.74) is 12.8. The van der Waals surface area contributed by atoms with Gasteiger partial charge in [-0.2, -0.15) is 9.84 Å². The standard InChI is InChI=1S/C58H54N3/c1-43(2)35-36-61-53-34-31-48(42-59)37-52(53)58(40-46-23-12-6-13-24-46,41-47-25-14-7-15-26-47)55(61)30-18-29-54-57(38-44-19-8-4-9-20-44,39-45-21-10-5-11-22-45)51-33-32-49-27-16-17-28-50(49)56(51)60(54)3/h4-34,37,43H,35-36,38-41H2,1-3H3/q+1. The number of nitrogens with zero attached hydrogens (tertiary/aromatic N) is 3. The van der Waals surface area contributed by atoms with E-state index in [4.69, 9.17) is 0 Å². The summed E-state index contributed by atoms with van der Waals surface area (Å²) in [5, 5.41) is 12.8. The maximum absolute atomic E-state index is 10.3. The van der Waals surface area contributed by atoms with Gasteiger partial charge in [-0.15, -0.1) is 0 Å². The molecule has 0 spiro atoms. The highest BCUT2D eigenvalue weighted by Crippen LogP contribution is 2.53. The fraction of sp³-hybridized carbons (Fsp3) is 0.207. The van der Waals surface area contributed by atoms with Gasteiger partial charge in [-0.3, -0.25) is 0 Å². The van der Waals surface area contributed by atoms with E-state index in [9.17, 15) is 5.26 Å². The third kappa shape index (κ3) is 7.64. The quantitative estimate of drug-likeness (QED) is 0.109. The molecule has 3 nitrogen and oxygen atoms in total. The molecular formula is C58H54N3+. The van der Waals surface area contributed by atoms with Crippen LogP contribution in [0, 0.1) is 17.2 Å². The number of nitriles is 1. The highest BCUT2D eigenvalue weighted by molar-refractivity contribution is 6.08. The lowest BCUT2D eigenvalue weighted by Crippen LogP contribution is -2.39. The van der Waals surface area contributed by atoms with Gasteiger partial charge >= 0.3 is 0 Å². The highest BCUT2D eigenvalue weighted by atomic mass is 15.2. The van der Waals surface area contributed by atoms with Crippen LogP contribution in [0.1, 0.15) is 59.2 Å². The van der Waals surface area contributed by atoms with Crippen molar-refractivity contribution in [2.24, 2.45) is 5.92 Å². The van der Waals surface area contributed by atoms with Crippen molar-refractivity contribution in [1.29, 1.82) is 5.26 Å². The normalized spacial score (nSPS) is 15.8. The third-order valence-corrected chi connectivity index (χ3v) is 13.1. The molecule has 61 heavy (non-hydrogen) atoms. The number of fused-ring (bicyclic) bond motifs is 4. The summed E-state index contributed by atoms with van der Waals surface area (Å²) in [5.74, 6) is 0.532. The summed E-state index contributed by atoms with van der Waals surface area (Å²) < 4.78 is 2.48. The van der Waals surface area contributed by atoms with E-state index < -0.39 is 5.41 Å². The molecule has 0 amide bonds. The molecule has 300 valence electrons. The Labute approximate surface area is 362 Å². The van der Waals surface area contributed by atoms with Gasteiger partial charge in [0.2, 0.25) is 5.69 Å². The van der Waals surface area contributed by atoms with E-state index in [0.717, 1.165) is 38.6 Å². The zero-order chi connectivity index (χ0) is 41.8. The van der Waals surface area contributed by atoms with Gasteiger partial charge in [0.1, 0.15) is 7.05 Å². The lowest BCUT2D eigenvalue weighted by molar-refractivity contribution is -0.400. The molecule has 2 aliphatic heterocycles.